The maximum atomic E-state index is 14.0. The lowest BCUT2D eigenvalue weighted by molar-refractivity contribution is -0.168. The Hall–Kier alpha value is -2.79. The van der Waals surface area contributed by atoms with Gasteiger partial charge < -0.3 is 23.8 Å². The number of esters is 1. The van der Waals surface area contributed by atoms with E-state index in [9.17, 15) is 23.2 Å². The van der Waals surface area contributed by atoms with Crippen LogP contribution in [0.1, 0.15) is 32.4 Å². The molecule has 3 rings (SSSR count). The van der Waals surface area contributed by atoms with Crippen molar-refractivity contribution in [1.82, 2.24) is 9.80 Å². The number of rotatable bonds is 3. The third-order valence-corrected chi connectivity index (χ3v) is 5.37. The Kier molecular flexibility index (Phi) is 7.23. The Morgan fingerprint density at radius 1 is 1.12 bits per heavy atom. The summed E-state index contributed by atoms with van der Waals surface area (Å²) in [5.41, 5.74) is -2.43. The van der Waals surface area contributed by atoms with E-state index in [-0.39, 0.29) is 38.5 Å². The maximum absolute atomic E-state index is 14.0. The van der Waals surface area contributed by atoms with Crippen LogP contribution >= 0.6 is 0 Å². The smallest absolute Gasteiger partial charge is 0.411 e. The average molecular weight is 470 g/mol. The monoisotopic (exact) mass is 470 g/mol. The predicted octanol–water partition coefficient (Wildman–Crippen LogP) is 2.04. The first kappa shape index (κ1) is 24.8. The number of ether oxygens (including phenoxy) is 4. The summed E-state index contributed by atoms with van der Waals surface area (Å²) in [4.78, 5) is 41.5. The van der Waals surface area contributed by atoms with E-state index in [0.717, 1.165) is 24.1 Å². The maximum Gasteiger partial charge on any atom is 0.411 e. The molecule has 1 aromatic carbocycles. The molecule has 2 fully saturated rings. The van der Waals surface area contributed by atoms with Gasteiger partial charge in [0.05, 0.1) is 39.6 Å². The van der Waals surface area contributed by atoms with Crippen LogP contribution in [0.3, 0.4) is 0 Å². The minimum absolute atomic E-state index is 0.0728. The Morgan fingerprint density at radius 3 is 2.21 bits per heavy atom. The van der Waals surface area contributed by atoms with Gasteiger partial charge in [0.25, 0.3) is 5.91 Å². The SMILES string of the molecule is COC(=O)CN1C(=O)C2(COCCOC2)N(C(=O)OC(C)(C)C)CC1c1cc(F)cc(F)c1. The lowest BCUT2D eigenvalue weighted by atomic mass is 9.89. The molecule has 0 aromatic heterocycles. The highest BCUT2D eigenvalue weighted by Crippen LogP contribution is 2.37. The fourth-order valence-corrected chi connectivity index (χ4v) is 3.90. The molecule has 33 heavy (non-hydrogen) atoms. The largest absolute Gasteiger partial charge is 0.468 e. The molecule has 182 valence electrons. The van der Waals surface area contributed by atoms with E-state index in [1.807, 2.05) is 0 Å². The van der Waals surface area contributed by atoms with E-state index in [0.29, 0.717) is 6.07 Å². The van der Waals surface area contributed by atoms with E-state index in [1.54, 1.807) is 20.8 Å². The van der Waals surface area contributed by atoms with Crippen molar-refractivity contribution in [1.29, 1.82) is 0 Å². The first-order valence-electron chi connectivity index (χ1n) is 10.5. The molecular weight excluding hydrogens is 442 g/mol. The van der Waals surface area contributed by atoms with Crippen LogP contribution in [0.2, 0.25) is 0 Å². The van der Waals surface area contributed by atoms with Crippen LogP contribution in [-0.4, -0.2) is 85.5 Å². The van der Waals surface area contributed by atoms with E-state index in [4.69, 9.17) is 18.9 Å². The second-order valence-electron chi connectivity index (χ2n) is 8.96. The Balaban J connectivity index is 2.12. The van der Waals surface area contributed by atoms with E-state index >= 15 is 0 Å². The summed E-state index contributed by atoms with van der Waals surface area (Å²) in [5, 5.41) is 0. The molecule has 0 bridgehead atoms. The van der Waals surface area contributed by atoms with Gasteiger partial charge >= 0.3 is 12.1 Å². The summed E-state index contributed by atoms with van der Waals surface area (Å²) in [6.45, 7) is 4.31. The normalized spacial score (nSPS) is 21.0. The van der Waals surface area contributed by atoms with Crippen LogP contribution < -0.4 is 0 Å². The van der Waals surface area contributed by atoms with E-state index in [2.05, 4.69) is 0 Å². The lowest BCUT2D eigenvalue weighted by Gasteiger charge is -2.51. The zero-order chi connectivity index (χ0) is 24.4. The second-order valence-corrected chi connectivity index (χ2v) is 8.96. The molecule has 0 N–H and O–H groups in total. The molecule has 11 heteroatoms. The summed E-state index contributed by atoms with van der Waals surface area (Å²) in [5.74, 6) is -3.13. The summed E-state index contributed by atoms with van der Waals surface area (Å²) >= 11 is 0. The van der Waals surface area contributed by atoms with Gasteiger partial charge in [-0.25, -0.2) is 13.6 Å². The Bertz CT molecular complexity index is 890. The van der Waals surface area contributed by atoms with Gasteiger partial charge in [-0.1, -0.05) is 0 Å². The molecule has 0 aliphatic carbocycles. The quantitative estimate of drug-likeness (QED) is 0.624. The van der Waals surface area contributed by atoms with Gasteiger partial charge in [-0.3, -0.25) is 14.5 Å². The van der Waals surface area contributed by atoms with Crippen molar-refractivity contribution in [3.8, 4) is 0 Å². The topological polar surface area (TPSA) is 94.6 Å². The molecule has 2 aliphatic heterocycles. The summed E-state index contributed by atoms with van der Waals surface area (Å²) in [7, 11) is 1.16. The van der Waals surface area contributed by atoms with Gasteiger partial charge in [-0.15, -0.1) is 0 Å². The zero-order valence-electron chi connectivity index (χ0n) is 19.1. The van der Waals surface area contributed by atoms with Crippen LogP contribution in [0, 0.1) is 11.6 Å². The van der Waals surface area contributed by atoms with Gasteiger partial charge in [0.1, 0.15) is 23.8 Å². The Morgan fingerprint density at radius 2 is 1.70 bits per heavy atom. The van der Waals surface area contributed by atoms with Gasteiger partial charge in [0.2, 0.25) is 0 Å². The van der Waals surface area contributed by atoms with Crippen LogP contribution in [-0.2, 0) is 28.5 Å². The fourth-order valence-electron chi connectivity index (χ4n) is 3.90. The van der Waals surface area contributed by atoms with Gasteiger partial charge in [0, 0.05) is 12.6 Å². The molecule has 1 aromatic rings. The zero-order valence-corrected chi connectivity index (χ0v) is 19.1. The Labute approximate surface area is 190 Å². The van der Waals surface area contributed by atoms with Crippen molar-refractivity contribution >= 4 is 18.0 Å². The lowest BCUT2D eigenvalue weighted by Crippen LogP contribution is -2.72. The predicted molar refractivity (Wildman–Crippen MR) is 110 cm³/mol. The molecule has 0 radical (unpaired) electrons. The van der Waals surface area contributed by atoms with Crippen molar-refractivity contribution in [2.75, 3.05) is 46.6 Å². The number of nitrogens with zero attached hydrogens (tertiary/aromatic N) is 2. The molecule has 1 unspecified atom stereocenters. The minimum Gasteiger partial charge on any atom is -0.468 e. The fraction of sp³-hybridized carbons (Fsp3) is 0.591. The highest BCUT2D eigenvalue weighted by Gasteiger charge is 2.57. The third-order valence-electron chi connectivity index (χ3n) is 5.37. The highest BCUT2D eigenvalue weighted by molar-refractivity contribution is 5.94. The number of methoxy groups -OCH3 is 1. The average Bonchev–Trinajstić information content (AvgIpc) is 2.96. The molecule has 2 saturated heterocycles. The molecule has 1 spiro atoms. The number of hydrogen-bond donors (Lipinski definition) is 0. The van der Waals surface area contributed by atoms with Crippen molar-refractivity contribution in [2.24, 2.45) is 0 Å². The number of halogens is 2. The number of hydrogen-bond acceptors (Lipinski definition) is 7. The molecule has 2 aliphatic rings. The summed E-state index contributed by atoms with van der Waals surface area (Å²) in [6, 6.07) is 1.75. The van der Waals surface area contributed by atoms with Crippen LogP contribution in [0.25, 0.3) is 0 Å². The molecule has 0 saturated carbocycles. The number of benzene rings is 1. The van der Waals surface area contributed by atoms with Crippen molar-refractivity contribution in [2.45, 2.75) is 38.0 Å². The van der Waals surface area contributed by atoms with Crippen LogP contribution in [0.5, 0.6) is 0 Å². The third kappa shape index (κ3) is 5.41. The summed E-state index contributed by atoms with van der Waals surface area (Å²) < 4.78 is 49.5. The van der Waals surface area contributed by atoms with Crippen molar-refractivity contribution in [3.63, 3.8) is 0 Å². The number of piperazine rings is 1. The van der Waals surface area contributed by atoms with Gasteiger partial charge in [-0.05, 0) is 38.5 Å². The molecule has 9 nitrogen and oxygen atoms in total. The van der Waals surface area contributed by atoms with Gasteiger partial charge in [0.15, 0.2) is 5.54 Å². The van der Waals surface area contributed by atoms with Crippen molar-refractivity contribution in [3.05, 3.63) is 35.4 Å². The molecule has 2 heterocycles. The van der Waals surface area contributed by atoms with Crippen LogP contribution in [0.15, 0.2) is 18.2 Å². The van der Waals surface area contributed by atoms with Crippen molar-refractivity contribution < 1.29 is 42.1 Å². The first-order chi connectivity index (χ1) is 15.5. The number of carbonyl (C=O) groups excluding carboxylic acids is 3. The minimum atomic E-state index is -1.63. The number of amides is 2. The van der Waals surface area contributed by atoms with Crippen LogP contribution in [0.4, 0.5) is 13.6 Å². The molecular formula is C22H28F2N2O7. The second kappa shape index (κ2) is 9.60. The first-order valence-corrected chi connectivity index (χ1v) is 10.5. The molecule has 2 amide bonds. The standard InChI is InChI=1S/C22H28F2N2O7/c1-21(2,3)33-20(29)26-10-17(14-7-15(23)9-16(24)8-14)25(11-18(27)30-4)19(28)22(26)12-31-5-6-32-13-22/h7-9,17H,5-6,10-13H2,1-4H3. The number of carbonyl (C=O) groups is 3. The summed E-state index contributed by atoms with van der Waals surface area (Å²) in [6.07, 6.45) is -0.815. The highest BCUT2D eigenvalue weighted by atomic mass is 19.1. The van der Waals surface area contributed by atoms with Gasteiger partial charge in [-0.2, -0.15) is 0 Å². The van der Waals surface area contributed by atoms with E-state index in [1.165, 1.54) is 4.90 Å². The molecule has 1 atom stereocenters. The van der Waals surface area contributed by atoms with E-state index < -0.39 is 53.3 Å².